The Labute approximate surface area is 87.0 Å². The van der Waals surface area contributed by atoms with E-state index in [4.69, 9.17) is 10.5 Å². The van der Waals surface area contributed by atoms with Crippen LogP contribution in [0, 0.1) is 0 Å². The Morgan fingerprint density at radius 3 is 2.87 bits per heavy atom. The van der Waals surface area contributed by atoms with Crippen LogP contribution in [0.1, 0.15) is 12.5 Å². The molecule has 0 saturated carbocycles. The highest BCUT2D eigenvalue weighted by molar-refractivity contribution is 5.75. The Bertz CT molecular complexity index is 394. The number of esters is 1. The number of aryl methyl sites for hydroxylation is 1. The number of nitrogens with zero attached hydrogens (tertiary/aromatic N) is 1. The van der Waals surface area contributed by atoms with Gasteiger partial charge in [-0.15, -0.1) is 0 Å². The molecule has 1 aromatic rings. The van der Waals surface area contributed by atoms with Gasteiger partial charge in [0.05, 0.1) is 6.61 Å². The van der Waals surface area contributed by atoms with Gasteiger partial charge in [-0.25, -0.2) is 0 Å². The fraction of sp³-hybridized carbons (Fsp3) is 0.556. The zero-order valence-electron chi connectivity index (χ0n) is 8.82. The van der Waals surface area contributed by atoms with Crippen LogP contribution < -0.4 is 11.3 Å². The van der Waals surface area contributed by atoms with Crippen LogP contribution in [0.4, 0.5) is 0 Å². The van der Waals surface area contributed by atoms with Gasteiger partial charge < -0.3 is 15.6 Å². The minimum absolute atomic E-state index is 0.172. The molecule has 0 spiro atoms. The second kappa shape index (κ2) is 4.79. The summed E-state index contributed by atoms with van der Waals surface area (Å²) in [6.45, 7) is 2.00. The van der Waals surface area contributed by atoms with Gasteiger partial charge in [-0.1, -0.05) is 0 Å². The topological polar surface area (TPSA) is 90.1 Å². The summed E-state index contributed by atoms with van der Waals surface area (Å²) in [7, 11) is 1.60. The molecule has 0 aromatic carbocycles. The van der Waals surface area contributed by atoms with Gasteiger partial charge >= 0.3 is 5.97 Å². The average Bonchev–Trinajstić information content (AvgIpc) is 2.50. The van der Waals surface area contributed by atoms with Gasteiger partial charge in [-0.2, -0.15) is 0 Å². The summed E-state index contributed by atoms with van der Waals surface area (Å²) in [5, 5.41) is 2.71. The number of hydrogen-bond donors (Lipinski definition) is 2. The van der Waals surface area contributed by atoms with Crippen LogP contribution in [0.5, 0.6) is 0 Å². The van der Waals surface area contributed by atoms with E-state index in [-0.39, 0.29) is 18.6 Å². The minimum Gasteiger partial charge on any atom is -0.465 e. The number of hydrogen-bond acceptors (Lipinski definition) is 4. The normalized spacial score (nSPS) is 12.5. The zero-order chi connectivity index (χ0) is 11.4. The van der Waals surface area contributed by atoms with Crippen LogP contribution in [0.15, 0.2) is 11.0 Å². The van der Waals surface area contributed by atoms with Gasteiger partial charge in [0.15, 0.2) is 0 Å². The maximum Gasteiger partial charge on any atom is 0.323 e. The van der Waals surface area contributed by atoms with Crippen molar-refractivity contribution in [2.75, 3.05) is 6.61 Å². The number of carbonyl (C=O) groups excluding carboxylic acids is 1. The lowest BCUT2D eigenvalue weighted by atomic mass is 10.1. The molecule has 0 unspecified atom stereocenters. The molecule has 0 amide bonds. The highest BCUT2D eigenvalue weighted by Crippen LogP contribution is 1.96. The van der Waals surface area contributed by atoms with Crippen molar-refractivity contribution in [3.63, 3.8) is 0 Å². The number of nitrogens with one attached hydrogen (secondary N) is 1. The third-order valence-corrected chi connectivity index (χ3v) is 2.04. The fourth-order valence-electron chi connectivity index (χ4n) is 1.23. The molecule has 0 aliphatic rings. The largest absolute Gasteiger partial charge is 0.465 e. The molecule has 15 heavy (non-hydrogen) atoms. The van der Waals surface area contributed by atoms with Gasteiger partial charge in [0.2, 0.25) is 0 Å². The second-order valence-corrected chi connectivity index (χ2v) is 3.23. The van der Waals surface area contributed by atoms with Crippen LogP contribution in [0.3, 0.4) is 0 Å². The van der Waals surface area contributed by atoms with Crippen molar-refractivity contribution in [3.05, 3.63) is 22.1 Å². The van der Waals surface area contributed by atoms with Crippen LogP contribution in [-0.4, -0.2) is 28.4 Å². The highest BCUT2D eigenvalue weighted by atomic mass is 16.5. The van der Waals surface area contributed by atoms with Gasteiger partial charge in [0, 0.05) is 25.2 Å². The third-order valence-electron chi connectivity index (χ3n) is 2.04. The second-order valence-electron chi connectivity index (χ2n) is 3.23. The molecule has 84 valence electrons. The molecule has 0 aliphatic carbocycles. The molecule has 0 radical (unpaired) electrons. The lowest BCUT2D eigenvalue weighted by Crippen LogP contribution is -2.35. The molecule has 1 aromatic heterocycles. The van der Waals surface area contributed by atoms with E-state index in [1.165, 1.54) is 4.68 Å². The molecule has 1 heterocycles. The van der Waals surface area contributed by atoms with E-state index in [1.54, 1.807) is 20.2 Å². The van der Waals surface area contributed by atoms with Crippen LogP contribution in [-0.2, 0) is 23.0 Å². The summed E-state index contributed by atoms with van der Waals surface area (Å²) in [6, 6.07) is -0.784. The van der Waals surface area contributed by atoms with E-state index < -0.39 is 12.0 Å². The first-order chi connectivity index (χ1) is 7.06. The van der Waals surface area contributed by atoms with Crippen molar-refractivity contribution >= 4 is 5.97 Å². The first-order valence-corrected chi connectivity index (χ1v) is 4.71. The average molecular weight is 213 g/mol. The lowest BCUT2D eigenvalue weighted by Gasteiger charge is -2.08. The number of ether oxygens (including phenoxy) is 1. The van der Waals surface area contributed by atoms with Crippen molar-refractivity contribution in [3.8, 4) is 0 Å². The Kier molecular flexibility index (Phi) is 3.68. The number of aromatic nitrogens is 2. The monoisotopic (exact) mass is 213 g/mol. The summed E-state index contributed by atoms with van der Waals surface area (Å²) in [6.07, 6.45) is 1.73. The van der Waals surface area contributed by atoms with Gasteiger partial charge in [-0.3, -0.25) is 14.3 Å². The van der Waals surface area contributed by atoms with E-state index in [0.717, 1.165) is 0 Å². The molecule has 0 fully saturated rings. The van der Waals surface area contributed by atoms with Crippen molar-refractivity contribution in [2.45, 2.75) is 19.4 Å². The van der Waals surface area contributed by atoms with E-state index in [1.807, 2.05) is 0 Å². The van der Waals surface area contributed by atoms with Crippen molar-refractivity contribution in [1.29, 1.82) is 0 Å². The Morgan fingerprint density at radius 1 is 1.73 bits per heavy atom. The molecular weight excluding hydrogens is 198 g/mol. The van der Waals surface area contributed by atoms with Gasteiger partial charge in [-0.05, 0) is 6.92 Å². The number of nitrogens with two attached hydrogens (primary N) is 1. The van der Waals surface area contributed by atoms with E-state index in [0.29, 0.717) is 5.56 Å². The number of rotatable bonds is 4. The summed E-state index contributed by atoms with van der Waals surface area (Å²) in [5.74, 6) is -0.485. The molecule has 0 saturated heterocycles. The predicted octanol–water partition coefficient (Wildman–Crippen LogP) is -0.854. The van der Waals surface area contributed by atoms with E-state index >= 15 is 0 Å². The number of carbonyl (C=O) groups is 1. The smallest absolute Gasteiger partial charge is 0.323 e. The molecule has 0 aliphatic heterocycles. The maximum atomic E-state index is 11.4. The Hall–Kier alpha value is -1.56. The molecular formula is C9H15N3O3. The maximum absolute atomic E-state index is 11.4. The van der Waals surface area contributed by atoms with Gasteiger partial charge in [0.25, 0.3) is 5.56 Å². The molecule has 1 rings (SSSR count). The van der Waals surface area contributed by atoms with E-state index in [9.17, 15) is 9.59 Å². The summed E-state index contributed by atoms with van der Waals surface area (Å²) in [4.78, 5) is 22.6. The standard InChI is InChI=1S/C9H15N3O3/c1-3-15-9(14)7(10)4-6-5-11-12(2)8(6)13/h5,7,11H,3-4,10H2,1-2H3/t7-/m0/s1. The third kappa shape index (κ3) is 2.69. The SMILES string of the molecule is CCOC(=O)[C@@H](N)Cc1c[nH]n(C)c1=O. The van der Waals surface area contributed by atoms with Crippen molar-refractivity contribution in [2.24, 2.45) is 12.8 Å². The molecule has 6 heteroatoms. The predicted molar refractivity (Wildman–Crippen MR) is 54.3 cm³/mol. The molecule has 6 nitrogen and oxygen atoms in total. The summed E-state index contributed by atoms with van der Waals surface area (Å²) >= 11 is 0. The summed E-state index contributed by atoms with van der Waals surface area (Å²) in [5.41, 5.74) is 5.89. The van der Waals surface area contributed by atoms with Crippen molar-refractivity contribution in [1.82, 2.24) is 9.78 Å². The zero-order valence-corrected chi connectivity index (χ0v) is 8.82. The Balaban J connectivity index is 2.66. The first kappa shape index (κ1) is 11.5. The molecule has 1 atom stereocenters. The Morgan fingerprint density at radius 2 is 2.40 bits per heavy atom. The van der Waals surface area contributed by atoms with Crippen LogP contribution >= 0.6 is 0 Å². The quantitative estimate of drug-likeness (QED) is 0.637. The highest BCUT2D eigenvalue weighted by Gasteiger charge is 2.17. The van der Waals surface area contributed by atoms with Crippen LogP contribution in [0.2, 0.25) is 0 Å². The van der Waals surface area contributed by atoms with Crippen LogP contribution in [0.25, 0.3) is 0 Å². The minimum atomic E-state index is -0.784. The molecule has 0 bridgehead atoms. The van der Waals surface area contributed by atoms with Gasteiger partial charge in [0.1, 0.15) is 6.04 Å². The molecule has 3 N–H and O–H groups in total. The number of aromatic amines is 1. The van der Waals surface area contributed by atoms with Crippen molar-refractivity contribution < 1.29 is 9.53 Å². The van der Waals surface area contributed by atoms with E-state index in [2.05, 4.69) is 5.10 Å². The number of H-pyrrole nitrogens is 1. The first-order valence-electron chi connectivity index (χ1n) is 4.71. The summed E-state index contributed by atoms with van der Waals surface area (Å²) < 4.78 is 6.07. The fourth-order valence-corrected chi connectivity index (χ4v) is 1.23. The lowest BCUT2D eigenvalue weighted by molar-refractivity contribution is -0.144.